The minimum Gasteiger partial charge on any atom is -0.417 e. The maximum Gasteiger partial charge on any atom is 0.196 e. The number of nitrogens with zero attached hydrogens (tertiary/aromatic N) is 2. The number of hydrogen-bond acceptors (Lipinski definition) is 5. The van der Waals surface area contributed by atoms with Crippen LogP contribution < -0.4 is 0 Å². The Bertz CT molecular complexity index is 343. The van der Waals surface area contributed by atoms with Gasteiger partial charge in [-0.15, -0.1) is 0 Å². The molecule has 16 heavy (non-hydrogen) atoms. The summed E-state index contributed by atoms with van der Waals surface area (Å²) >= 11 is 1.59. The van der Waals surface area contributed by atoms with Gasteiger partial charge in [0.05, 0.1) is 5.56 Å². The van der Waals surface area contributed by atoms with Gasteiger partial charge in [-0.25, -0.2) is 9.97 Å². The lowest BCUT2D eigenvalue weighted by molar-refractivity contribution is 0.112. The third-order valence-corrected chi connectivity index (χ3v) is 6.77. The first kappa shape index (κ1) is 13.3. The predicted molar refractivity (Wildman–Crippen MR) is 67.3 cm³/mol. The highest BCUT2D eigenvalue weighted by molar-refractivity contribution is 8.00. The molecule has 0 aromatic carbocycles. The molecule has 0 amide bonds. The zero-order valence-electron chi connectivity index (χ0n) is 9.77. The molecule has 1 aromatic rings. The van der Waals surface area contributed by atoms with Crippen molar-refractivity contribution in [1.82, 2.24) is 9.97 Å². The predicted octanol–water partition coefficient (Wildman–Crippen LogP) is 2.16. The van der Waals surface area contributed by atoms with Gasteiger partial charge in [0, 0.05) is 24.4 Å². The number of hydrogen-bond donors (Lipinski definition) is 0. The first-order valence-corrected chi connectivity index (χ1v) is 9.21. The van der Waals surface area contributed by atoms with Gasteiger partial charge in [-0.3, -0.25) is 4.79 Å². The van der Waals surface area contributed by atoms with Crippen LogP contribution in [0.3, 0.4) is 0 Å². The fourth-order valence-corrected chi connectivity index (χ4v) is 4.41. The van der Waals surface area contributed by atoms with Gasteiger partial charge in [0.2, 0.25) is 0 Å². The van der Waals surface area contributed by atoms with Crippen LogP contribution in [0.2, 0.25) is 13.1 Å². The Morgan fingerprint density at radius 2 is 2.06 bits per heavy atom. The first-order valence-electron chi connectivity index (χ1n) is 5.11. The van der Waals surface area contributed by atoms with Crippen molar-refractivity contribution in [1.29, 1.82) is 0 Å². The molecular weight excluding hydrogens is 240 g/mol. The van der Waals surface area contributed by atoms with E-state index in [1.807, 2.05) is 6.92 Å². The van der Waals surface area contributed by atoms with E-state index >= 15 is 0 Å². The number of carbonyl (C=O) groups is 1. The lowest BCUT2D eigenvalue weighted by Crippen LogP contribution is -2.34. The second-order valence-corrected chi connectivity index (χ2v) is 9.51. The molecule has 0 atom stereocenters. The molecule has 0 fully saturated rings. The highest BCUT2D eigenvalue weighted by atomic mass is 32.2. The monoisotopic (exact) mass is 256 g/mol. The molecule has 1 aromatic heterocycles. The highest BCUT2D eigenvalue weighted by Crippen LogP contribution is 2.18. The Morgan fingerprint density at radius 3 is 2.56 bits per heavy atom. The summed E-state index contributed by atoms with van der Waals surface area (Å²) in [6.07, 6.45) is 3.82. The van der Waals surface area contributed by atoms with E-state index in [4.69, 9.17) is 4.43 Å². The summed E-state index contributed by atoms with van der Waals surface area (Å²) in [5.41, 5.74) is 0.505. The van der Waals surface area contributed by atoms with Crippen LogP contribution in [0.25, 0.3) is 0 Å². The number of carbonyl (C=O) groups excluding carboxylic acids is 1. The number of aromatic nitrogens is 2. The summed E-state index contributed by atoms with van der Waals surface area (Å²) in [5.74, 6) is 0. The fourth-order valence-electron chi connectivity index (χ4n) is 1.13. The molecule has 0 radical (unpaired) electrons. The maximum atomic E-state index is 10.4. The fraction of sp³-hybridized carbons (Fsp3) is 0.500. The van der Waals surface area contributed by atoms with Gasteiger partial charge >= 0.3 is 0 Å². The van der Waals surface area contributed by atoms with Gasteiger partial charge in [0.15, 0.2) is 19.8 Å². The Kier molecular flexibility index (Phi) is 5.10. The zero-order chi connectivity index (χ0) is 12.0. The second-order valence-electron chi connectivity index (χ2n) is 3.90. The van der Waals surface area contributed by atoms with Crippen LogP contribution in [0, 0.1) is 0 Å². The van der Waals surface area contributed by atoms with Crippen molar-refractivity contribution in [3.8, 4) is 0 Å². The first-order chi connectivity index (χ1) is 7.57. The Labute approximate surface area is 101 Å². The average Bonchev–Trinajstić information content (AvgIpc) is 2.27. The molecule has 0 saturated heterocycles. The van der Waals surface area contributed by atoms with Crippen molar-refractivity contribution in [3.05, 3.63) is 18.0 Å². The molecule has 0 aliphatic heterocycles. The second kappa shape index (κ2) is 6.12. The molecule has 4 nitrogen and oxygen atoms in total. The van der Waals surface area contributed by atoms with Gasteiger partial charge in [0.1, 0.15) is 0 Å². The Morgan fingerprint density at radius 1 is 1.44 bits per heavy atom. The number of thioether (sulfide) groups is 1. The van der Waals surface area contributed by atoms with Crippen LogP contribution in [-0.4, -0.2) is 36.6 Å². The summed E-state index contributed by atoms with van der Waals surface area (Å²) in [7, 11) is -1.59. The summed E-state index contributed by atoms with van der Waals surface area (Å²) in [4.78, 5) is 18.6. The number of rotatable bonds is 6. The summed E-state index contributed by atoms with van der Waals surface area (Å²) < 4.78 is 5.70. The molecule has 0 saturated carbocycles. The SMILES string of the molecule is CCO[Si](C)(C)CSc1ncc(C=O)cn1. The van der Waals surface area contributed by atoms with Crippen molar-refractivity contribution in [2.45, 2.75) is 25.2 Å². The van der Waals surface area contributed by atoms with Crippen LogP contribution in [0.1, 0.15) is 17.3 Å². The molecule has 0 bridgehead atoms. The zero-order valence-corrected chi connectivity index (χ0v) is 11.6. The van der Waals surface area contributed by atoms with Crippen LogP contribution in [0.4, 0.5) is 0 Å². The van der Waals surface area contributed by atoms with E-state index in [-0.39, 0.29) is 0 Å². The highest BCUT2D eigenvalue weighted by Gasteiger charge is 2.22. The third-order valence-electron chi connectivity index (χ3n) is 1.87. The van der Waals surface area contributed by atoms with Crippen LogP contribution in [-0.2, 0) is 4.43 Å². The lowest BCUT2D eigenvalue weighted by Gasteiger charge is -2.20. The van der Waals surface area contributed by atoms with Gasteiger partial charge in [0.25, 0.3) is 0 Å². The normalized spacial score (nSPS) is 11.4. The van der Waals surface area contributed by atoms with Crippen molar-refractivity contribution >= 4 is 26.4 Å². The van der Waals surface area contributed by atoms with E-state index in [1.54, 1.807) is 11.8 Å². The minimum absolute atomic E-state index is 0.505. The third kappa shape index (κ3) is 4.42. The Balaban J connectivity index is 2.51. The van der Waals surface area contributed by atoms with E-state index in [2.05, 4.69) is 23.1 Å². The van der Waals surface area contributed by atoms with Crippen molar-refractivity contribution < 1.29 is 9.22 Å². The van der Waals surface area contributed by atoms with E-state index in [0.717, 1.165) is 18.3 Å². The minimum atomic E-state index is -1.59. The van der Waals surface area contributed by atoms with Gasteiger partial charge in [-0.1, -0.05) is 11.8 Å². The molecule has 0 spiro atoms. The topological polar surface area (TPSA) is 52.1 Å². The van der Waals surface area contributed by atoms with Crippen LogP contribution in [0.15, 0.2) is 17.6 Å². The summed E-state index contributed by atoms with van der Waals surface area (Å²) in [6.45, 7) is 7.10. The molecule has 0 aliphatic carbocycles. The molecule has 0 unspecified atom stereocenters. The molecule has 0 N–H and O–H groups in total. The van der Waals surface area contributed by atoms with E-state index in [1.165, 1.54) is 12.4 Å². The average molecular weight is 256 g/mol. The van der Waals surface area contributed by atoms with Gasteiger partial charge < -0.3 is 4.43 Å². The van der Waals surface area contributed by atoms with Crippen LogP contribution in [0.5, 0.6) is 0 Å². The van der Waals surface area contributed by atoms with Crippen molar-refractivity contribution in [2.75, 3.05) is 12.0 Å². The summed E-state index contributed by atoms with van der Waals surface area (Å²) in [5, 5.41) is 1.62. The van der Waals surface area contributed by atoms with Crippen LogP contribution >= 0.6 is 11.8 Å². The standard InChI is InChI=1S/C10H16N2O2SSi/c1-4-14-16(2,3)8-15-10-11-5-9(7-13)6-12-10/h5-7H,4,8H2,1-3H3. The molecular formula is C10H16N2O2SSi. The summed E-state index contributed by atoms with van der Waals surface area (Å²) in [6, 6.07) is 0. The quantitative estimate of drug-likeness (QED) is 0.338. The van der Waals surface area contributed by atoms with E-state index in [0.29, 0.717) is 10.7 Å². The van der Waals surface area contributed by atoms with E-state index in [9.17, 15) is 4.79 Å². The Hall–Kier alpha value is -0.723. The molecule has 0 aliphatic rings. The molecule has 1 rings (SSSR count). The molecule has 88 valence electrons. The molecule has 1 heterocycles. The van der Waals surface area contributed by atoms with Crippen molar-refractivity contribution in [3.63, 3.8) is 0 Å². The van der Waals surface area contributed by atoms with Gasteiger partial charge in [-0.2, -0.15) is 0 Å². The maximum absolute atomic E-state index is 10.4. The lowest BCUT2D eigenvalue weighted by atomic mass is 10.4. The van der Waals surface area contributed by atoms with E-state index < -0.39 is 8.32 Å². The molecule has 6 heteroatoms. The van der Waals surface area contributed by atoms with Crippen molar-refractivity contribution in [2.24, 2.45) is 0 Å². The smallest absolute Gasteiger partial charge is 0.196 e. The van der Waals surface area contributed by atoms with Gasteiger partial charge in [-0.05, 0) is 20.0 Å². The number of aldehydes is 1. The largest absolute Gasteiger partial charge is 0.417 e.